The van der Waals surface area contributed by atoms with Crippen LogP contribution in [0.1, 0.15) is 0 Å². The van der Waals surface area contributed by atoms with Crippen LogP contribution in [-0.2, 0) is 0 Å². The van der Waals surface area contributed by atoms with Crippen LogP contribution in [0.15, 0.2) is 249 Å². The van der Waals surface area contributed by atoms with E-state index in [9.17, 15) is 0 Å². The fraction of sp³-hybridized carbons (Fsp3) is 0. The van der Waals surface area contributed by atoms with Crippen molar-refractivity contribution in [3.63, 3.8) is 0 Å². The number of hydrogen-bond acceptors (Lipinski definition) is 1. The Hall–Kier alpha value is -7.74. The molecule has 10 rings (SSSR count). The molecule has 10 aromatic carbocycles. The van der Waals surface area contributed by atoms with E-state index in [0.717, 1.165) is 28.2 Å². The van der Waals surface area contributed by atoms with E-state index < -0.39 is 0 Å². The van der Waals surface area contributed by atoms with Crippen molar-refractivity contribution in [2.24, 2.45) is 0 Å². The molecule has 0 heterocycles. The minimum absolute atomic E-state index is 1.09. The highest BCUT2D eigenvalue weighted by Crippen LogP contribution is 2.43. The molecular weight excluding hydrogens is 711 g/mol. The van der Waals surface area contributed by atoms with Gasteiger partial charge in [-0.15, -0.1) is 0 Å². The molecule has 0 spiro atoms. The maximum atomic E-state index is 2.41. The molecule has 0 amide bonds. The first-order valence-electron chi connectivity index (χ1n) is 20.2. The Balaban J connectivity index is 1.07. The minimum Gasteiger partial charge on any atom is -0.310 e. The van der Waals surface area contributed by atoms with Gasteiger partial charge >= 0.3 is 0 Å². The van der Waals surface area contributed by atoms with Crippen molar-refractivity contribution in [3.8, 4) is 66.8 Å². The standard InChI is InChI=1S/C58H41N/c1-3-15-42(16-4-1)44-31-33-45(34-32-44)46-35-37-53(38-36-46)59(58-30-10-9-28-57(58)52-25-11-21-48(39-52)43-17-5-2-6-18-43)54-26-13-23-50(41-54)49-22-12-24-51(40-49)56-29-14-20-47-19-7-8-27-55(47)56/h1-41H. The lowest BCUT2D eigenvalue weighted by Gasteiger charge is -2.28. The van der Waals surface area contributed by atoms with Crippen LogP contribution in [0.25, 0.3) is 77.5 Å². The van der Waals surface area contributed by atoms with Gasteiger partial charge in [0.1, 0.15) is 0 Å². The Morgan fingerprint density at radius 1 is 0.220 bits per heavy atom. The summed E-state index contributed by atoms with van der Waals surface area (Å²) in [7, 11) is 0. The topological polar surface area (TPSA) is 3.24 Å². The first-order valence-corrected chi connectivity index (χ1v) is 20.2. The number of fused-ring (bicyclic) bond motifs is 1. The van der Waals surface area contributed by atoms with Crippen molar-refractivity contribution in [1.82, 2.24) is 0 Å². The summed E-state index contributed by atoms with van der Waals surface area (Å²) in [6.45, 7) is 0. The minimum atomic E-state index is 1.09. The molecule has 0 fully saturated rings. The Bertz CT molecular complexity index is 3010. The van der Waals surface area contributed by atoms with Gasteiger partial charge in [0, 0.05) is 16.9 Å². The second kappa shape index (κ2) is 16.0. The number of rotatable bonds is 9. The molecule has 278 valence electrons. The molecule has 0 saturated heterocycles. The fourth-order valence-corrected chi connectivity index (χ4v) is 8.29. The third-order valence-corrected chi connectivity index (χ3v) is 11.3. The molecule has 0 bridgehead atoms. The summed E-state index contributed by atoms with van der Waals surface area (Å²) in [5.41, 5.74) is 17.6. The molecule has 0 atom stereocenters. The summed E-state index contributed by atoms with van der Waals surface area (Å²) in [5.74, 6) is 0. The summed E-state index contributed by atoms with van der Waals surface area (Å²) < 4.78 is 0. The SMILES string of the molecule is c1ccc(-c2ccc(-c3ccc(N(c4cccc(-c5cccc(-c6cccc7ccccc67)c5)c4)c4ccccc4-c4cccc(-c5ccccc5)c4)cc3)cc2)cc1. The van der Waals surface area contributed by atoms with E-state index in [0.29, 0.717) is 0 Å². The van der Waals surface area contributed by atoms with Crippen LogP contribution in [0.3, 0.4) is 0 Å². The molecule has 59 heavy (non-hydrogen) atoms. The summed E-state index contributed by atoms with van der Waals surface area (Å²) in [5, 5.41) is 2.51. The lowest BCUT2D eigenvalue weighted by atomic mass is 9.95. The zero-order valence-corrected chi connectivity index (χ0v) is 32.6. The van der Waals surface area contributed by atoms with Crippen LogP contribution in [-0.4, -0.2) is 0 Å². The van der Waals surface area contributed by atoms with Crippen molar-refractivity contribution in [2.45, 2.75) is 0 Å². The quantitative estimate of drug-likeness (QED) is 0.142. The van der Waals surface area contributed by atoms with Crippen LogP contribution in [0.5, 0.6) is 0 Å². The molecule has 0 aromatic heterocycles. The largest absolute Gasteiger partial charge is 0.310 e. The highest BCUT2D eigenvalue weighted by molar-refractivity contribution is 5.97. The van der Waals surface area contributed by atoms with Crippen molar-refractivity contribution in [2.75, 3.05) is 4.90 Å². The van der Waals surface area contributed by atoms with Gasteiger partial charge in [-0.3, -0.25) is 0 Å². The van der Waals surface area contributed by atoms with Gasteiger partial charge in [0.15, 0.2) is 0 Å². The lowest BCUT2D eigenvalue weighted by molar-refractivity contribution is 1.28. The molecule has 0 radical (unpaired) electrons. The van der Waals surface area contributed by atoms with Crippen LogP contribution in [0, 0.1) is 0 Å². The highest BCUT2D eigenvalue weighted by atomic mass is 15.1. The van der Waals surface area contributed by atoms with E-state index in [1.54, 1.807) is 0 Å². The maximum absolute atomic E-state index is 2.41. The molecule has 0 aliphatic rings. The van der Waals surface area contributed by atoms with Crippen molar-refractivity contribution in [3.05, 3.63) is 249 Å². The third-order valence-electron chi connectivity index (χ3n) is 11.3. The Kier molecular flexibility index (Phi) is 9.68. The number of hydrogen-bond donors (Lipinski definition) is 0. The first kappa shape index (κ1) is 35.7. The smallest absolute Gasteiger partial charge is 0.0540 e. The van der Waals surface area contributed by atoms with E-state index in [4.69, 9.17) is 0 Å². The van der Waals surface area contributed by atoms with Crippen LogP contribution >= 0.6 is 0 Å². The Morgan fingerprint density at radius 2 is 0.627 bits per heavy atom. The highest BCUT2D eigenvalue weighted by Gasteiger charge is 2.19. The average molecular weight is 752 g/mol. The summed E-state index contributed by atoms with van der Waals surface area (Å²) in [6, 6.07) is 89.8. The Labute approximate surface area is 346 Å². The molecule has 1 nitrogen and oxygen atoms in total. The molecule has 1 heteroatoms. The summed E-state index contributed by atoms with van der Waals surface area (Å²) >= 11 is 0. The van der Waals surface area contributed by atoms with Crippen molar-refractivity contribution >= 4 is 27.8 Å². The van der Waals surface area contributed by atoms with Gasteiger partial charge in [-0.1, -0.05) is 206 Å². The van der Waals surface area contributed by atoms with E-state index in [1.165, 1.54) is 66.4 Å². The lowest BCUT2D eigenvalue weighted by Crippen LogP contribution is -2.11. The van der Waals surface area contributed by atoms with Crippen LogP contribution < -0.4 is 4.90 Å². The molecule has 0 aliphatic heterocycles. The van der Waals surface area contributed by atoms with Gasteiger partial charge in [0.05, 0.1) is 5.69 Å². The zero-order chi connectivity index (χ0) is 39.4. The molecule has 0 aliphatic carbocycles. The number of anilines is 3. The predicted octanol–water partition coefficient (Wildman–Crippen LogP) is 16.3. The van der Waals surface area contributed by atoms with Crippen molar-refractivity contribution < 1.29 is 0 Å². The number of para-hydroxylation sites is 1. The van der Waals surface area contributed by atoms with Crippen molar-refractivity contribution in [1.29, 1.82) is 0 Å². The van der Waals surface area contributed by atoms with E-state index >= 15 is 0 Å². The molecule has 0 saturated carbocycles. The Morgan fingerprint density at radius 3 is 1.31 bits per heavy atom. The monoisotopic (exact) mass is 751 g/mol. The molecule has 0 N–H and O–H groups in total. The second-order valence-electron chi connectivity index (χ2n) is 14.9. The molecule has 10 aromatic rings. The fourth-order valence-electron chi connectivity index (χ4n) is 8.29. The third kappa shape index (κ3) is 7.34. The van der Waals surface area contributed by atoms with Crippen LogP contribution in [0.2, 0.25) is 0 Å². The van der Waals surface area contributed by atoms with Gasteiger partial charge in [-0.05, 0) is 114 Å². The van der Waals surface area contributed by atoms with E-state index in [-0.39, 0.29) is 0 Å². The predicted molar refractivity (Wildman–Crippen MR) is 251 cm³/mol. The van der Waals surface area contributed by atoms with Gasteiger partial charge in [0.25, 0.3) is 0 Å². The number of benzene rings is 10. The summed E-state index contributed by atoms with van der Waals surface area (Å²) in [6.07, 6.45) is 0. The zero-order valence-electron chi connectivity index (χ0n) is 32.6. The molecular formula is C58H41N. The van der Waals surface area contributed by atoms with Gasteiger partial charge in [-0.25, -0.2) is 0 Å². The van der Waals surface area contributed by atoms with Gasteiger partial charge in [-0.2, -0.15) is 0 Å². The van der Waals surface area contributed by atoms with Gasteiger partial charge < -0.3 is 4.90 Å². The molecule has 0 unspecified atom stereocenters. The van der Waals surface area contributed by atoms with Crippen LogP contribution in [0.4, 0.5) is 17.1 Å². The van der Waals surface area contributed by atoms with E-state index in [2.05, 4.69) is 254 Å². The second-order valence-corrected chi connectivity index (χ2v) is 14.9. The van der Waals surface area contributed by atoms with E-state index in [1.807, 2.05) is 0 Å². The maximum Gasteiger partial charge on any atom is 0.0540 e. The first-order chi connectivity index (χ1) is 29.2. The average Bonchev–Trinajstić information content (AvgIpc) is 3.33. The summed E-state index contributed by atoms with van der Waals surface area (Å²) in [4.78, 5) is 2.41. The number of nitrogens with zero attached hydrogens (tertiary/aromatic N) is 1. The normalized spacial score (nSPS) is 11.1. The van der Waals surface area contributed by atoms with Gasteiger partial charge in [0.2, 0.25) is 0 Å².